The molecule has 1 aliphatic rings. The van der Waals surface area contributed by atoms with Crippen LogP contribution in [0.25, 0.3) is 6.08 Å². The molecule has 1 heterocycles. The van der Waals surface area contributed by atoms with Crippen LogP contribution in [0, 0.1) is 0 Å². The third-order valence-electron chi connectivity index (χ3n) is 3.03. The number of ether oxygens (including phenoxy) is 1. The third kappa shape index (κ3) is 5.07. The number of fused-ring (bicyclic) bond motifs is 1. The van der Waals surface area contributed by atoms with Gasteiger partial charge in [-0.3, -0.25) is 5.32 Å². The summed E-state index contributed by atoms with van der Waals surface area (Å²) < 4.78 is 28.2. The molecule has 0 aliphatic carbocycles. The molecule has 0 bridgehead atoms. The van der Waals surface area contributed by atoms with Crippen molar-refractivity contribution in [2.75, 3.05) is 0 Å². The summed E-state index contributed by atoms with van der Waals surface area (Å²) >= 11 is 0. The van der Waals surface area contributed by atoms with E-state index in [9.17, 15) is 13.2 Å². The Labute approximate surface area is 146 Å². The van der Waals surface area contributed by atoms with Gasteiger partial charge in [-0.1, -0.05) is 17.7 Å². The van der Waals surface area contributed by atoms with Gasteiger partial charge in [-0.25, -0.2) is 18.2 Å². The van der Waals surface area contributed by atoms with E-state index in [2.05, 4.69) is 10.3 Å². The van der Waals surface area contributed by atoms with Gasteiger partial charge in [-0.2, -0.15) is 0 Å². The van der Waals surface area contributed by atoms with Crippen LogP contribution in [0.15, 0.2) is 33.7 Å². The SMILES string of the molecule is CC1=Cc2ccc(S(=O)(=O)Cl)cc2N=C(NC(=O)OC(C)(C)C)C1. The van der Waals surface area contributed by atoms with Crippen LogP contribution in [0.1, 0.15) is 39.7 Å². The number of amidine groups is 1. The van der Waals surface area contributed by atoms with Crippen molar-refractivity contribution in [3.05, 3.63) is 29.3 Å². The van der Waals surface area contributed by atoms with Crippen LogP contribution in [-0.4, -0.2) is 25.9 Å². The second-order valence-electron chi connectivity index (χ2n) is 6.51. The summed E-state index contributed by atoms with van der Waals surface area (Å²) in [5.41, 5.74) is 1.50. The highest BCUT2D eigenvalue weighted by molar-refractivity contribution is 8.13. The fourth-order valence-corrected chi connectivity index (χ4v) is 2.92. The van der Waals surface area contributed by atoms with Gasteiger partial charge in [0.05, 0.1) is 10.6 Å². The summed E-state index contributed by atoms with van der Waals surface area (Å²) in [5.74, 6) is 0.376. The van der Waals surface area contributed by atoms with E-state index >= 15 is 0 Å². The Morgan fingerprint density at radius 1 is 1.33 bits per heavy atom. The Kier molecular flexibility index (Phi) is 5.05. The van der Waals surface area contributed by atoms with Gasteiger partial charge in [0.25, 0.3) is 9.05 Å². The quantitative estimate of drug-likeness (QED) is 0.758. The van der Waals surface area contributed by atoms with Crippen LogP contribution in [0.4, 0.5) is 10.5 Å². The highest BCUT2D eigenvalue weighted by Crippen LogP contribution is 2.30. The van der Waals surface area contributed by atoms with E-state index < -0.39 is 20.7 Å². The normalized spacial score (nSPS) is 14.9. The molecule has 1 N–H and O–H groups in total. The molecule has 0 unspecified atom stereocenters. The molecule has 24 heavy (non-hydrogen) atoms. The Morgan fingerprint density at radius 2 is 2.00 bits per heavy atom. The number of hydrogen-bond donors (Lipinski definition) is 1. The minimum atomic E-state index is -3.86. The number of carbonyl (C=O) groups is 1. The standard InChI is InChI=1S/C16H19ClN2O4S/c1-10-7-11-5-6-12(24(17,21)22)9-13(11)18-14(8-10)19-15(20)23-16(2,3)4/h5-7,9H,8H2,1-4H3,(H,18,19,20). The number of halogens is 1. The van der Waals surface area contributed by atoms with Crippen molar-refractivity contribution in [1.82, 2.24) is 5.32 Å². The lowest BCUT2D eigenvalue weighted by Crippen LogP contribution is -2.36. The molecule has 0 atom stereocenters. The molecule has 6 nitrogen and oxygen atoms in total. The van der Waals surface area contributed by atoms with Crippen LogP contribution in [0.5, 0.6) is 0 Å². The summed E-state index contributed by atoms with van der Waals surface area (Å²) in [7, 11) is 1.53. The van der Waals surface area contributed by atoms with Gasteiger partial charge in [-0.15, -0.1) is 0 Å². The van der Waals surface area contributed by atoms with Crippen molar-refractivity contribution in [2.45, 2.75) is 44.6 Å². The van der Waals surface area contributed by atoms with Gasteiger partial charge in [0.1, 0.15) is 11.4 Å². The number of hydrogen-bond acceptors (Lipinski definition) is 5. The summed E-state index contributed by atoms with van der Waals surface area (Å²) in [4.78, 5) is 16.3. The molecular weight excluding hydrogens is 352 g/mol. The first-order valence-electron chi connectivity index (χ1n) is 7.27. The number of alkyl carbamates (subject to hydrolysis) is 1. The first-order chi connectivity index (χ1) is 10.9. The van der Waals surface area contributed by atoms with E-state index in [0.717, 1.165) is 11.1 Å². The molecule has 0 spiro atoms. The molecule has 8 heteroatoms. The molecule has 0 saturated carbocycles. The lowest BCUT2D eigenvalue weighted by Gasteiger charge is -2.20. The van der Waals surface area contributed by atoms with E-state index in [-0.39, 0.29) is 4.90 Å². The fourth-order valence-electron chi connectivity index (χ4n) is 2.15. The summed E-state index contributed by atoms with van der Waals surface area (Å²) in [6, 6.07) is 4.43. The van der Waals surface area contributed by atoms with Crippen molar-refractivity contribution in [2.24, 2.45) is 4.99 Å². The van der Waals surface area contributed by atoms with Crippen LogP contribution >= 0.6 is 10.7 Å². The topological polar surface area (TPSA) is 84.8 Å². The minimum Gasteiger partial charge on any atom is -0.444 e. The zero-order chi connectivity index (χ0) is 18.1. The van der Waals surface area contributed by atoms with E-state index in [1.54, 1.807) is 26.8 Å². The van der Waals surface area contributed by atoms with E-state index in [1.165, 1.54) is 12.1 Å². The Hall–Kier alpha value is -1.86. The maximum Gasteiger partial charge on any atom is 0.413 e. The number of aliphatic imine (C=N–C) groups is 1. The first kappa shape index (κ1) is 18.5. The number of rotatable bonds is 1. The predicted molar refractivity (Wildman–Crippen MR) is 94.2 cm³/mol. The smallest absolute Gasteiger partial charge is 0.413 e. The Balaban J connectivity index is 2.37. The molecule has 0 saturated heterocycles. The molecule has 0 aromatic heterocycles. The second kappa shape index (κ2) is 6.57. The second-order valence-corrected chi connectivity index (χ2v) is 9.08. The summed E-state index contributed by atoms with van der Waals surface area (Å²) in [6.45, 7) is 7.19. The van der Waals surface area contributed by atoms with Gasteiger partial charge in [0, 0.05) is 22.7 Å². The van der Waals surface area contributed by atoms with Crippen molar-refractivity contribution in [3.8, 4) is 0 Å². The molecule has 130 valence electrons. The maximum atomic E-state index is 11.9. The molecule has 1 aromatic carbocycles. The number of nitrogens with zero attached hydrogens (tertiary/aromatic N) is 1. The molecule has 0 fully saturated rings. The maximum absolute atomic E-state index is 11.9. The number of carbonyl (C=O) groups excluding carboxylic acids is 1. The molecule has 2 rings (SSSR count). The van der Waals surface area contributed by atoms with Crippen molar-refractivity contribution in [1.29, 1.82) is 0 Å². The molecule has 0 radical (unpaired) electrons. The minimum absolute atomic E-state index is 0.0452. The average Bonchev–Trinajstić information content (AvgIpc) is 2.51. The number of amides is 1. The first-order valence-corrected chi connectivity index (χ1v) is 9.58. The van der Waals surface area contributed by atoms with E-state index in [1.807, 2.05) is 13.0 Å². The Bertz CT molecular complexity index is 836. The predicted octanol–water partition coefficient (Wildman–Crippen LogP) is 3.98. The van der Waals surface area contributed by atoms with E-state index in [4.69, 9.17) is 15.4 Å². The van der Waals surface area contributed by atoms with Gasteiger partial charge in [0.15, 0.2) is 0 Å². The lowest BCUT2D eigenvalue weighted by molar-refractivity contribution is 0.0562. The number of benzene rings is 1. The highest BCUT2D eigenvalue weighted by atomic mass is 35.7. The van der Waals surface area contributed by atoms with Crippen LogP contribution in [0.3, 0.4) is 0 Å². The van der Waals surface area contributed by atoms with Crippen LogP contribution in [-0.2, 0) is 13.8 Å². The summed E-state index contributed by atoms with van der Waals surface area (Å²) in [5, 5.41) is 2.61. The molecule has 1 aliphatic heterocycles. The fraction of sp³-hybridized carbons (Fsp3) is 0.375. The molecule has 1 amide bonds. The Morgan fingerprint density at radius 3 is 2.58 bits per heavy atom. The van der Waals surface area contributed by atoms with Gasteiger partial charge < -0.3 is 4.74 Å². The monoisotopic (exact) mass is 370 g/mol. The van der Waals surface area contributed by atoms with Gasteiger partial charge in [0.2, 0.25) is 0 Å². The lowest BCUT2D eigenvalue weighted by atomic mass is 10.1. The van der Waals surface area contributed by atoms with Gasteiger partial charge >= 0.3 is 6.09 Å². The zero-order valence-electron chi connectivity index (χ0n) is 13.9. The van der Waals surface area contributed by atoms with Gasteiger partial charge in [-0.05, 0) is 39.8 Å². The van der Waals surface area contributed by atoms with Crippen molar-refractivity contribution < 1.29 is 17.9 Å². The number of nitrogens with one attached hydrogen (secondary N) is 1. The molecular formula is C16H19ClN2O4S. The van der Waals surface area contributed by atoms with Crippen LogP contribution < -0.4 is 5.32 Å². The van der Waals surface area contributed by atoms with Crippen LogP contribution in [0.2, 0.25) is 0 Å². The highest BCUT2D eigenvalue weighted by Gasteiger charge is 2.19. The summed E-state index contributed by atoms with van der Waals surface area (Å²) in [6.07, 6.45) is 1.68. The average molecular weight is 371 g/mol. The van der Waals surface area contributed by atoms with Crippen molar-refractivity contribution in [3.63, 3.8) is 0 Å². The zero-order valence-corrected chi connectivity index (χ0v) is 15.5. The van der Waals surface area contributed by atoms with Crippen molar-refractivity contribution >= 4 is 43.4 Å². The van der Waals surface area contributed by atoms with E-state index in [0.29, 0.717) is 17.9 Å². The largest absolute Gasteiger partial charge is 0.444 e. The third-order valence-corrected chi connectivity index (χ3v) is 4.38. The molecule has 1 aromatic rings.